The number of benzene rings is 1. The van der Waals surface area contributed by atoms with Crippen LogP contribution in [0.1, 0.15) is 21.5 Å². The highest BCUT2D eigenvalue weighted by atomic mass is 19.1. The summed E-state index contributed by atoms with van der Waals surface area (Å²) in [6.07, 6.45) is 1.33. The smallest absolute Gasteiger partial charge is 0.259 e. The van der Waals surface area contributed by atoms with Crippen molar-refractivity contribution in [3.63, 3.8) is 0 Å². The van der Waals surface area contributed by atoms with E-state index in [9.17, 15) is 9.18 Å². The van der Waals surface area contributed by atoms with Crippen LogP contribution in [0, 0.1) is 24.1 Å². The maximum Gasteiger partial charge on any atom is 0.259 e. The van der Waals surface area contributed by atoms with Crippen molar-refractivity contribution in [1.29, 1.82) is 5.26 Å². The summed E-state index contributed by atoms with van der Waals surface area (Å²) in [5, 5.41) is 11.1. The van der Waals surface area contributed by atoms with Crippen LogP contribution in [0.25, 0.3) is 0 Å². The van der Waals surface area contributed by atoms with E-state index < -0.39 is 11.7 Å². The number of pyridine rings is 1. The first-order valence-electron chi connectivity index (χ1n) is 5.54. The molecule has 0 spiro atoms. The summed E-state index contributed by atoms with van der Waals surface area (Å²) in [5.41, 5.74) is 1.09. The maximum absolute atomic E-state index is 13.6. The molecule has 94 valence electrons. The molecule has 1 heterocycles. The first-order chi connectivity index (χ1) is 9.10. The van der Waals surface area contributed by atoms with E-state index in [1.807, 2.05) is 6.07 Å². The molecule has 1 N–H and O–H groups in total. The molecule has 0 radical (unpaired) electrons. The Morgan fingerprint density at radius 3 is 2.74 bits per heavy atom. The number of nitrogens with one attached hydrogen (secondary N) is 1. The fourth-order valence-corrected chi connectivity index (χ4v) is 1.52. The summed E-state index contributed by atoms with van der Waals surface area (Å²) in [4.78, 5) is 15.7. The van der Waals surface area contributed by atoms with E-state index in [1.54, 1.807) is 13.0 Å². The molecule has 0 unspecified atom stereocenters. The van der Waals surface area contributed by atoms with Crippen molar-refractivity contribution in [3.8, 4) is 6.07 Å². The molecule has 0 saturated heterocycles. The molecule has 2 rings (SSSR count). The Hall–Kier alpha value is -2.74. The van der Waals surface area contributed by atoms with Gasteiger partial charge in [-0.15, -0.1) is 0 Å². The van der Waals surface area contributed by atoms with Crippen LogP contribution in [0.2, 0.25) is 0 Å². The lowest BCUT2D eigenvalue weighted by atomic mass is 10.1. The van der Waals surface area contributed by atoms with Gasteiger partial charge in [0.1, 0.15) is 17.7 Å². The largest absolute Gasteiger partial charge is 0.306 e. The lowest BCUT2D eigenvalue weighted by Gasteiger charge is -2.05. The predicted molar refractivity (Wildman–Crippen MR) is 68.0 cm³/mol. The normalized spacial score (nSPS) is 9.74. The van der Waals surface area contributed by atoms with Gasteiger partial charge in [0.2, 0.25) is 0 Å². The van der Waals surface area contributed by atoms with E-state index >= 15 is 0 Å². The average Bonchev–Trinajstić information content (AvgIpc) is 2.39. The molecule has 0 aliphatic rings. The predicted octanol–water partition coefficient (Wildman–Crippen LogP) is 2.65. The molecule has 0 saturated carbocycles. The Balaban J connectivity index is 2.18. The molecule has 1 aromatic carbocycles. The third-order valence-electron chi connectivity index (χ3n) is 2.50. The van der Waals surface area contributed by atoms with Crippen molar-refractivity contribution in [1.82, 2.24) is 4.98 Å². The van der Waals surface area contributed by atoms with Gasteiger partial charge in [-0.1, -0.05) is 6.07 Å². The Kier molecular flexibility index (Phi) is 3.53. The first kappa shape index (κ1) is 12.7. The number of hydrogen-bond acceptors (Lipinski definition) is 3. The number of amides is 1. The highest BCUT2D eigenvalue weighted by Gasteiger charge is 2.12. The second-order valence-corrected chi connectivity index (χ2v) is 3.98. The van der Waals surface area contributed by atoms with Crippen molar-refractivity contribution in [2.75, 3.05) is 5.32 Å². The summed E-state index contributed by atoms with van der Waals surface area (Å²) >= 11 is 0. The van der Waals surface area contributed by atoms with Crippen molar-refractivity contribution in [2.45, 2.75) is 6.92 Å². The van der Waals surface area contributed by atoms with Crippen LogP contribution in [-0.2, 0) is 0 Å². The molecule has 0 aliphatic carbocycles. The third kappa shape index (κ3) is 2.93. The molecule has 5 heteroatoms. The second-order valence-electron chi connectivity index (χ2n) is 3.98. The number of aryl methyl sites for hydroxylation is 1. The van der Waals surface area contributed by atoms with Crippen LogP contribution in [-0.4, -0.2) is 10.9 Å². The topological polar surface area (TPSA) is 65.8 Å². The second kappa shape index (κ2) is 5.27. The quantitative estimate of drug-likeness (QED) is 0.897. The number of nitriles is 1. The van der Waals surface area contributed by atoms with Crippen LogP contribution < -0.4 is 5.32 Å². The lowest BCUT2D eigenvalue weighted by molar-refractivity contribution is 0.102. The van der Waals surface area contributed by atoms with Gasteiger partial charge in [-0.25, -0.2) is 9.37 Å². The molecular weight excluding hydrogens is 245 g/mol. The SMILES string of the molecule is Cc1ccc(C(=O)Nc2ccc(C#N)cn2)c(F)c1. The van der Waals surface area contributed by atoms with E-state index in [0.29, 0.717) is 5.56 Å². The minimum atomic E-state index is -0.578. The van der Waals surface area contributed by atoms with Gasteiger partial charge in [-0.2, -0.15) is 5.26 Å². The van der Waals surface area contributed by atoms with Crippen molar-refractivity contribution in [2.24, 2.45) is 0 Å². The van der Waals surface area contributed by atoms with Crippen LogP contribution in [0.15, 0.2) is 36.5 Å². The Morgan fingerprint density at radius 2 is 2.16 bits per heavy atom. The van der Waals surface area contributed by atoms with Crippen LogP contribution in [0.3, 0.4) is 0 Å². The molecule has 1 aromatic heterocycles. The van der Waals surface area contributed by atoms with Crippen LogP contribution >= 0.6 is 0 Å². The fraction of sp³-hybridized carbons (Fsp3) is 0.0714. The van der Waals surface area contributed by atoms with Gasteiger partial charge in [0.25, 0.3) is 5.91 Å². The van der Waals surface area contributed by atoms with Gasteiger partial charge < -0.3 is 5.32 Å². The summed E-state index contributed by atoms with van der Waals surface area (Å²) in [5.74, 6) is -0.884. The average molecular weight is 255 g/mol. The van der Waals surface area contributed by atoms with Crippen molar-refractivity contribution < 1.29 is 9.18 Å². The third-order valence-corrected chi connectivity index (χ3v) is 2.50. The molecule has 1 amide bonds. The van der Waals surface area contributed by atoms with Crippen LogP contribution in [0.4, 0.5) is 10.2 Å². The van der Waals surface area contributed by atoms with Gasteiger partial charge in [0, 0.05) is 6.20 Å². The van der Waals surface area contributed by atoms with Gasteiger partial charge in [0.15, 0.2) is 0 Å². The van der Waals surface area contributed by atoms with E-state index in [2.05, 4.69) is 10.3 Å². The van der Waals surface area contributed by atoms with Crippen LogP contribution in [0.5, 0.6) is 0 Å². The Bertz CT molecular complexity index is 659. The zero-order chi connectivity index (χ0) is 13.8. The summed E-state index contributed by atoms with van der Waals surface area (Å²) < 4.78 is 13.6. The maximum atomic E-state index is 13.6. The minimum absolute atomic E-state index is 0.0447. The Labute approximate surface area is 109 Å². The van der Waals surface area contributed by atoms with Crippen molar-refractivity contribution >= 4 is 11.7 Å². The summed E-state index contributed by atoms with van der Waals surface area (Å²) in [7, 11) is 0. The summed E-state index contributed by atoms with van der Waals surface area (Å²) in [6, 6.07) is 9.30. The summed E-state index contributed by atoms with van der Waals surface area (Å²) in [6.45, 7) is 1.74. The molecule has 19 heavy (non-hydrogen) atoms. The fourth-order valence-electron chi connectivity index (χ4n) is 1.52. The molecule has 0 bridgehead atoms. The van der Waals surface area contributed by atoms with E-state index in [-0.39, 0.29) is 11.4 Å². The number of carbonyl (C=O) groups is 1. The molecular formula is C14H10FN3O. The lowest BCUT2D eigenvalue weighted by Crippen LogP contribution is -2.14. The number of rotatable bonds is 2. The molecule has 4 nitrogen and oxygen atoms in total. The van der Waals surface area contributed by atoms with Gasteiger partial charge in [-0.05, 0) is 36.8 Å². The number of nitrogens with zero attached hydrogens (tertiary/aromatic N) is 2. The first-order valence-corrected chi connectivity index (χ1v) is 5.54. The molecule has 0 fully saturated rings. The van der Waals surface area contributed by atoms with E-state index in [4.69, 9.17) is 5.26 Å². The van der Waals surface area contributed by atoms with E-state index in [1.165, 1.54) is 30.5 Å². The molecule has 0 aliphatic heterocycles. The number of carbonyl (C=O) groups excluding carboxylic acids is 1. The highest BCUT2D eigenvalue weighted by Crippen LogP contribution is 2.12. The van der Waals surface area contributed by atoms with Gasteiger partial charge in [0.05, 0.1) is 11.1 Å². The van der Waals surface area contributed by atoms with Crippen molar-refractivity contribution in [3.05, 3.63) is 59.0 Å². The Morgan fingerprint density at radius 1 is 1.37 bits per heavy atom. The number of aromatic nitrogens is 1. The zero-order valence-corrected chi connectivity index (χ0v) is 10.1. The highest BCUT2D eigenvalue weighted by molar-refractivity contribution is 6.03. The minimum Gasteiger partial charge on any atom is -0.306 e. The molecule has 0 atom stereocenters. The van der Waals surface area contributed by atoms with E-state index in [0.717, 1.165) is 5.56 Å². The number of halogens is 1. The number of hydrogen-bond donors (Lipinski definition) is 1. The number of anilines is 1. The van der Waals surface area contributed by atoms with Gasteiger partial charge in [-0.3, -0.25) is 4.79 Å². The standard InChI is InChI=1S/C14H10FN3O/c1-9-2-4-11(12(15)6-9)14(19)18-13-5-3-10(7-16)8-17-13/h2-6,8H,1H3,(H,17,18,19). The van der Waals surface area contributed by atoms with Gasteiger partial charge >= 0.3 is 0 Å². The molecule has 2 aromatic rings. The zero-order valence-electron chi connectivity index (χ0n) is 10.1. The monoisotopic (exact) mass is 255 g/mol.